The van der Waals surface area contributed by atoms with E-state index in [0.29, 0.717) is 60.8 Å². The number of carbonyl (C=O) groups is 2. The molecular weight excluding hydrogens is 370 g/mol. The molecule has 0 atom stereocenters. The van der Waals surface area contributed by atoms with E-state index in [4.69, 9.17) is 4.52 Å². The molecule has 29 heavy (non-hydrogen) atoms. The smallest absolute Gasteiger partial charge is 0.259 e. The number of piperazine rings is 1. The molecule has 8 nitrogen and oxygen atoms in total. The Hall–Kier alpha value is -3.26. The predicted octanol–water partition coefficient (Wildman–Crippen LogP) is 1.70. The van der Waals surface area contributed by atoms with Crippen molar-refractivity contribution in [3.63, 3.8) is 0 Å². The lowest BCUT2D eigenvalue weighted by Crippen LogP contribution is -2.50. The molecule has 150 valence electrons. The molecule has 3 aromatic rings. The van der Waals surface area contributed by atoms with Crippen molar-refractivity contribution in [3.05, 3.63) is 47.7 Å². The van der Waals surface area contributed by atoms with Crippen molar-refractivity contribution < 1.29 is 14.1 Å². The number of nitrogens with zero attached hydrogens (tertiary/aromatic N) is 4. The number of carbonyl (C=O) groups excluding carboxylic acids is 2. The van der Waals surface area contributed by atoms with E-state index in [1.54, 1.807) is 7.05 Å². The summed E-state index contributed by atoms with van der Waals surface area (Å²) in [4.78, 5) is 33.4. The summed E-state index contributed by atoms with van der Waals surface area (Å²) < 4.78 is 5.38. The molecule has 0 spiro atoms. The quantitative estimate of drug-likeness (QED) is 0.726. The third-order valence-electron chi connectivity index (χ3n) is 5.22. The van der Waals surface area contributed by atoms with Gasteiger partial charge in [-0.2, -0.15) is 0 Å². The van der Waals surface area contributed by atoms with E-state index in [9.17, 15) is 9.59 Å². The second-order valence-corrected chi connectivity index (χ2v) is 7.11. The second kappa shape index (κ2) is 8.00. The first-order valence-corrected chi connectivity index (χ1v) is 9.61. The lowest BCUT2D eigenvalue weighted by Gasteiger charge is -2.34. The summed E-state index contributed by atoms with van der Waals surface area (Å²) in [6.45, 7) is 4.59. The third-order valence-corrected chi connectivity index (χ3v) is 5.22. The zero-order valence-electron chi connectivity index (χ0n) is 16.5. The van der Waals surface area contributed by atoms with Crippen molar-refractivity contribution in [2.24, 2.45) is 0 Å². The first-order chi connectivity index (χ1) is 14.1. The Balaban J connectivity index is 1.62. The van der Waals surface area contributed by atoms with E-state index in [2.05, 4.69) is 15.5 Å². The van der Waals surface area contributed by atoms with Gasteiger partial charge in [0, 0.05) is 38.8 Å². The third kappa shape index (κ3) is 3.84. The molecule has 2 amide bonds. The topological polar surface area (TPSA) is 91.6 Å². The molecule has 0 radical (unpaired) electrons. The molecule has 1 aliphatic heterocycles. The maximum atomic E-state index is 13.4. The van der Waals surface area contributed by atoms with Crippen LogP contribution in [0.25, 0.3) is 22.4 Å². The van der Waals surface area contributed by atoms with Crippen LogP contribution in [0.15, 0.2) is 40.9 Å². The van der Waals surface area contributed by atoms with Crippen LogP contribution in [0, 0.1) is 6.92 Å². The van der Waals surface area contributed by atoms with Crippen molar-refractivity contribution in [1.29, 1.82) is 0 Å². The van der Waals surface area contributed by atoms with Crippen LogP contribution in [0.5, 0.6) is 0 Å². The van der Waals surface area contributed by atoms with Gasteiger partial charge in [-0.25, -0.2) is 4.98 Å². The molecule has 0 saturated carbocycles. The molecule has 4 rings (SSSR count). The summed E-state index contributed by atoms with van der Waals surface area (Å²) in [6, 6.07) is 11.5. The Labute approximate surface area is 168 Å². The number of aromatic nitrogens is 2. The lowest BCUT2D eigenvalue weighted by molar-refractivity contribution is -0.122. The van der Waals surface area contributed by atoms with Gasteiger partial charge in [0.1, 0.15) is 0 Å². The Bertz CT molecular complexity index is 1040. The normalized spacial score (nSPS) is 14.9. The van der Waals surface area contributed by atoms with Crippen LogP contribution >= 0.6 is 0 Å². The van der Waals surface area contributed by atoms with Crippen molar-refractivity contribution in [3.8, 4) is 11.3 Å². The van der Waals surface area contributed by atoms with Gasteiger partial charge in [-0.15, -0.1) is 0 Å². The van der Waals surface area contributed by atoms with E-state index in [-0.39, 0.29) is 11.8 Å². The number of nitrogens with one attached hydrogen (secondary N) is 1. The highest BCUT2D eigenvalue weighted by molar-refractivity contribution is 6.07. The first kappa shape index (κ1) is 19.1. The van der Waals surface area contributed by atoms with Gasteiger partial charge in [-0.3, -0.25) is 14.5 Å². The average molecular weight is 393 g/mol. The van der Waals surface area contributed by atoms with Crippen LogP contribution in [-0.2, 0) is 4.79 Å². The molecule has 8 heteroatoms. The fraction of sp³-hybridized carbons (Fsp3) is 0.333. The molecular formula is C21H23N5O3. The Morgan fingerprint density at radius 3 is 2.55 bits per heavy atom. The predicted molar refractivity (Wildman–Crippen MR) is 108 cm³/mol. The highest BCUT2D eigenvalue weighted by Gasteiger charge is 2.27. The number of amides is 2. The molecule has 1 saturated heterocycles. The van der Waals surface area contributed by atoms with Crippen molar-refractivity contribution in [1.82, 2.24) is 25.3 Å². The van der Waals surface area contributed by atoms with Crippen molar-refractivity contribution in [2.45, 2.75) is 6.92 Å². The number of hydrogen-bond acceptors (Lipinski definition) is 6. The zero-order chi connectivity index (χ0) is 20.4. The fourth-order valence-corrected chi connectivity index (χ4v) is 3.58. The average Bonchev–Trinajstić information content (AvgIpc) is 3.14. The summed E-state index contributed by atoms with van der Waals surface area (Å²) in [5.41, 5.74) is 3.15. The van der Waals surface area contributed by atoms with E-state index >= 15 is 0 Å². The largest absolute Gasteiger partial charge is 0.358 e. The van der Waals surface area contributed by atoms with Gasteiger partial charge in [0.15, 0.2) is 0 Å². The molecule has 0 aliphatic carbocycles. The van der Waals surface area contributed by atoms with E-state index in [1.807, 2.05) is 53.1 Å². The number of likely N-dealkylation sites (N-methyl/N-ethyl adjacent to an activating group) is 1. The van der Waals surface area contributed by atoms with Crippen LogP contribution in [0.3, 0.4) is 0 Å². The van der Waals surface area contributed by atoms with Gasteiger partial charge >= 0.3 is 0 Å². The summed E-state index contributed by atoms with van der Waals surface area (Å²) >= 11 is 0. The maximum absolute atomic E-state index is 13.4. The molecule has 2 aromatic heterocycles. The minimum Gasteiger partial charge on any atom is -0.358 e. The summed E-state index contributed by atoms with van der Waals surface area (Å²) in [7, 11) is 1.63. The van der Waals surface area contributed by atoms with Crippen LogP contribution in [-0.4, -0.2) is 71.5 Å². The Morgan fingerprint density at radius 1 is 1.14 bits per heavy atom. The van der Waals surface area contributed by atoms with Crippen LogP contribution < -0.4 is 5.32 Å². The number of benzene rings is 1. The summed E-state index contributed by atoms with van der Waals surface area (Å²) in [6.07, 6.45) is 0. The highest BCUT2D eigenvalue weighted by Crippen LogP contribution is 2.28. The monoisotopic (exact) mass is 393 g/mol. The van der Waals surface area contributed by atoms with E-state index < -0.39 is 0 Å². The molecule has 1 N–H and O–H groups in total. The van der Waals surface area contributed by atoms with Gasteiger partial charge in [0.25, 0.3) is 11.6 Å². The number of fused-ring (bicyclic) bond motifs is 1. The minimum atomic E-state index is -0.0690. The van der Waals surface area contributed by atoms with Gasteiger partial charge < -0.3 is 14.7 Å². The van der Waals surface area contributed by atoms with Crippen molar-refractivity contribution >= 4 is 22.9 Å². The first-order valence-electron chi connectivity index (χ1n) is 9.61. The number of aryl methyl sites for hydroxylation is 1. The molecule has 0 bridgehead atoms. The van der Waals surface area contributed by atoms with Crippen LogP contribution in [0.4, 0.5) is 0 Å². The molecule has 0 unspecified atom stereocenters. The van der Waals surface area contributed by atoms with Gasteiger partial charge in [-0.1, -0.05) is 35.5 Å². The number of rotatable bonds is 4. The van der Waals surface area contributed by atoms with Gasteiger partial charge in [-0.05, 0) is 13.0 Å². The SMILES string of the molecule is CNC(=O)CN1CCN(C(=O)c2cc(-c3ccccc3)nc3onc(C)c23)CC1. The second-order valence-electron chi connectivity index (χ2n) is 7.11. The molecule has 3 heterocycles. The molecule has 1 fully saturated rings. The summed E-state index contributed by atoms with van der Waals surface area (Å²) in [5.74, 6) is -0.0892. The number of hydrogen-bond donors (Lipinski definition) is 1. The van der Waals surface area contributed by atoms with E-state index in [0.717, 1.165) is 5.56 Å². The number of pyridine rings is 1. The molecule has 1 aromatic carbocycles. The van der Waals surface area contributed by atoms with Gasteiger partial charge in [0.2, 0.25) is 5.91 Å². The van der Waals surface area contributed by atoms with Crippen LogP contribution in [0.2, 0.25) is 0 Å². The minimum absolute atomic E-state index is 0.0202. The summed E-state index contributed by atoms with van der Waals surface area (Å²) in [5, 5.41) is 7.30. The lowest BCUT2D eigenvalue weighted by atomic mass is 10.0. The zero-order valence-corrected chi connectivity index (χ0v) is 16.5. The van der Waals surface area contributed by atoms with E-state index in [1.165, 1.54) is 0 Å². The standard InChI is InChI=1S/C21H23N5O3/c1-14-19-16(21(28)26-10-8-25(9-11-26)13-18(27)22-2)12-17(23-20(19)29-24-14)15-6-4-3-5-7-15/h3-7,12H,8-11,13H2,1-2H3,(H,22,27). The van der Waals surface area contributed by atoms with Crippen LogP contribution in [0.1, 0.15) is 16.1 Å². The Kier molecular flexibility index (Phi) is 5.26. The fourth-order valence-electron chi connectivity index (χ4n) is 3.58. The Morgan fingerprint density at radius 2 is 1.86 bits per heavy atom. The van der Waals surface area contributed by atoms with Gasteiger partial charge in [0.05, 0.1) is 28.9 Å². The maximum Gasteiger partial charge on any atom is 0.259 e. The molecule has 1 aliphatic rings. The van der Waals surface area contributed by atoms with Crippen molar-refractivity contribution in [2.75, 3.05) is 39.8 Å². The highest BCUT2D eigenvalue weighted by atomic mass is 16.5.